The SMILES string of the molecule is C[C@H](CS)C(=O)N[C@@H](Cc1ccc(F)cc1)B(O)O. The molecule has 1 aromatic rings. The molecule has 0 aromatic heterocycles. The fourth-order valence-corrected chi connectivity index (χ4v) is 1.68. The maximum atomic E-state index is 12.8. The van der Waals surface area contributed by atoms with Crippen molar-refractivity contribution in [1.29, 1.82) is 0 Å². The fraction of sp³-hybridized carbons (Fsp3) is 0.417. The minimum Gasteiger partial charge on any atom is -0.426 e. The minimum atomic E-state index is -1.68. The molecule has 1 aromatic carbocycles. The van der Waals surface area contributed by atoms with Crippen molar-refractivity contribution >= 4 is 25.7 Å². The zero-order chi connectivity index (χ0) is 14.4. The molecule has 4 nitrogen and oxygen atoms in total. The molecule has 3 N–H and O–H groups in total. The summed E-state index contributed by atoms with van der Waals surface area (Å²) in [5, 5.41) is 21.1. The molecule has 0 unspecified atom stereocenters. The summed E-state index contributed by atoms with van der Waals surface area (Å²) < 4.78 is 12.8. The number of rotatable bonds is 6. The highest BCUT2D eigenvalue weighted by molar-refractivity contribution is 7.80. The lowest BCUT2D eigenvalue weighted by atomic mass is 9.75. The molecule has 1 amide bonds. The van der Waals surface area contributed by atoms with Crippen molar-refractivity contribution in [2.24, 2.45) is 5.92 Å². The maximum Gasteiger partial charge on any atom is 0.475 e. The molecule has 0 saturated carbocycles. The van der Waals surface area contributed by atoms with Crippen LogP contribution in [0.1, 0.15) is 12.5 Å². The van der Waals surface area contributed by atoms with Crippen molar-refractivity contribution in [2.45, 2.75) is 19.3 Å². The highest BCUT2D eigenvalue weighted by Gasteiger charge is 2.26. The Morgan fingerprint density at radius 2 is 2.00 bits per heavy atom. The molecular formula is C12H17BFNO3S. The third kappa shape index (κ3) is 5.22. The number of amides is 1. The third-order valence-electron chi connectivity index (χ3n) is 2.78. The highest BCUT2D eigenvalue weighted by Crippen LogP contribution is 2.08. The normalized spacial score (nSPS) is 13.7. The molecule has 0 aliphatic carbocycles. The molecule has 104 valence electrons. The average Bonchev–Trinajstić information content (AvgIpc) is 2.39. The summed E-state index contributed by atoms with van der Waals surface area (Å²) in [6.45, 7) is 1.70. The zero-order valence-electron chi connectivity index (χ0n) is 10.6. The fourth-order valence-electron chi connectivity index (χ4n) is 1.51. The molecule has 0 radical (unpaired) electrons. The molecule has 7 heteroatoms. The van der Waals surface area contributed by atoms with Gasteiger partial charge in [-0.1, -0.05) is 19.1 Å². The second-order valence-corrected chi connectivity index (χ2v) is 4.81. The van der Waals surface area contributed by atoms with E-state index in [0.29, 0.717) is 11.3 Å². The lowest BCUT2D eigenvalue weighted by Crippen LogP contribution is -2.49. The maximum absolute atomic E-state index is 12.8. The Morgan fingerprint density at radius 3 is 2.47 bits per heavy atom. The summed E-state index contributed by atoms with van der Waals surface area (Å²) in [5.41, 5.74) is 0.707. The Kier molecular flexibility index (Phi) is 6.34. The smallest absolute Gasteiger partial charge is 0.426 e. The van der Waals surface area contributed by atoms with Crippen LogP contribution in [0.15, 0.2) is 24.3 Å². The van der Waals surface area contributed by atoms with Crippen molar-refractivity contribution < 1.29 is 19.2 Å². The number of carbonyl (C=O) groups is 1. The molecule has 0 spiro atoms. The van der Waals surface area contributed by atoms with E-state index >= 15 is 0 Å². The van der Waals surface area contributed by atoms with Crippen LogP contribution < -0.4 is 5.32 Å². The van der Waals surface area contributed by atoms with Crippen LogP contribution in [-0.2, 0) is 11.2 Å². The van der Waals surface area contributed by atoms with Crippen LogP contribution in [0.5, 0.6) is 0 Å². The number of hydrogen-bond acceptors (Lipinski definition) is 4. The van der Waals surface area contributed by atoms with Crippen LogP contribution in [-0.4, -0.2) is 34.8 Å². The summed E-state index contributed by atoms with van der Waals surface area (Å²) >= 11 is 4.01. The monoisotopic (exact) mass is 285 g/mol. The third-order valence-corrected chi connectivity index (χ3v) is 3.33. The second-order valence-electron chi connectivity index (χ2n) is 4.44. The van der Waals surface area contributed by atoms with Crippen molar-refractivity contribution in [3.05, 3.63) is 35.6 Å². The molecular weight excluding hydrogens is 268 g/mol. The van der Waals surface area contributed by atoms with Crippen molar-refractivity contribution in [2.75, 3.05) is 5.75 Å². The van der Waals surface area contributed by atoms with Crippen LogP contribution in [0.3, 0.4) is 0 Å². The zero-order valence-corrected chi connectivity index (χ0v) is 11.5. The van der Waals surface area contributed by atoms with Crippen LogP contribution in [0.25, 0.3) is 0 Å². The standard InChI is InChI=1S/C12H17BFNO3S/c1-8(7-19)12(16)15-11(13(17)18)6-9-2-4-10(14)5-3-9/h2-5,8,11,17-19H,6-7H2,1H3,(H,15,16)/t8-,11+/m1/s1. The number of halogens is 1. The van der Waals surface area contributed by atoms with Gasteiger partial charge in [-0.2, -0.15) is 12.6 Å². The van der Waals surface area contributed by atoms with Gasteiger partial charge in [0.1, 0.15) is 5.82 Å². The number of thiol groups is 1. The Labute approximate surface area is 117 Å². The van der Waals surface area contributed by atoms with Gasteiger partial charge in [0.25, 0.3) is 0 Å². The van der Waals surface area contributed by atoms with Crippen LogP contribution in [0, 0.1) is 11.7 Å². The first-order chi connectivity index (χ1) is 8.93. The van der Waals surface area contributed by atoms with Gasteiger partial charge in [-0.05, 0) is 24.1 Å². The van der Waals surface area contributed by atoms with E-state index in [1.165, 1.54) is 12.1 Å². The van der Waals surface area contributed by atoms with E-state index in [1.807, 2.05) is 0 Å². The van der Waals surface area contributed by atoms with E-state index in [0.717, 1.165) is 0 Å². The van der Waals surface area contributed by atoms with E-state index in [2.05, 4.69) is 17.9 Å². The van der Waals surface area contributed by atoms with Crippen molar-refractivity contribution in [3.8, 4) is 0 Å². The number of nitrogens with one attached hydrogen (secondary N) is 1. The van der Waals surface area contributed by atoms with Gasteiger partial charge in [-0.3, -0.25) is 4.79 Å². The van der Waals surface area contributed by atoms with Crippen LogP contribution in [0.4, 0.5) is 4.39 Å². The van der Waals surface area contributed by atoms with Crippen molar-refractivity contribution in [1.82, 2.24) is 5.32 Å². The van der Waals surface area contributed by atoms with Gasteiger partial charge in [0.2, 0.25) is 5.91 Å². The van der Waals surface area contributed by atoms with Crippen molar-refractivity contribution in [3.63, 3.8) is 0 Å². The molecule has 2 atom stereocenters. The second kappa shape index (κ2) is 7.52. The molecule has 0 heterocycles. The first-order valence-electron chi connectivity index (χ1n) is 5.96. The molecule has 0 fully saturated rings. The van der Waals surface area contributed by atoms with Gasteiger partial charge in [0.15, 0.2) is 0 Å². The molecule has 0 aliphatic rings. The summed E-state index contributed by atoms with van der Waals surface area (Å²) in [7, 11) is -1.68. The Bertz CT molecular complexity index is 416. The summed E-state index contributed by atoms with van der Waals surface area (Å²) in [6.07, 6.45) is 0.211. The molecule has 19 heavy (non-hydrogen) atoms. The van der Waals surface area contributed by atoms with Crippen LogP contribution >= 0.6 is 12.6 Å². The van der Waals surface area contributed by atoms with Gasteiger partial charge in [0.05, 0.1) is 5.94 Å². The first kappa shape index (κ1) is 16.0. The van der Waals surface area contributed by atoms with E-state index in [1.54, 1.807) is 19.1 Å². The summed E-state index contributed by atoms with van der Waals surface area (Å²) in [6, 6.07) is 5.65. The number of hydrogen-bond donors (Lipinski definition) is 4. The van der Waals surface area contributed by atoms with Gasteiger partial charge in [-0.15, -0.1) is 0 Å². The van der Waals surface area contributed by atoms with Gasteiger partial charge < -0.3 is 15.4 Å². The average molecular weight is 285 g/mol. The largest absolute Gasteiger partial charge is 0.475 e. The predicted octanol–water partition coefficient (Wildman–Crippen LogP) is 0.431. The van der Waals surface area contributed by atoms with Gasteiger partial charge in [0, 0.05) is 11.7 Å². The van der Waals surface area contributed by atoms with E-state index < -0.39 is 13.1 Å². The summed E-state index contributed by atoms with van der Waals surface area (Å²) in [5.74, 6) is -1.44. The van der Waals surface area contributed by atoms with E-state index in [9.17, 15) is 19.2 Å². The first-order valence-corrected chi connectivity index (χ1v) is 6.59. The number of benzene rings is 1. The van der Waals surface area contributed by atoms with E-state index in [-0.39, 0.29) is 24.1 Å². The Morgan fingerprint density at radius 1 is 1.42 bits per heavy atom. The lowest BCUT2D eigenvalue weighted by molar-refractivity contribution is -0.124. The van der Waals surface area contributed by atoms with E-state index in [4.69, 9.17) is 0 Å². The Balaban J connectivity index is 2.68. The topological polar surface area (TPSA) is 69.6 Å². The Hall–Kier alpha value is -1.05. The number of carbonyl (C=O) groups excluding carboxylic acids is 1. The predicted molar refractivity (Wildman–Crippen MR) is 75.2 cm³/mol. The summed E-state index contributed by atoms with van der Waals surface area (Å²) in [4.78, 5) is 11.7. The molecule has 0 saturated heterocycles. The van der Waals surface area contributed by atoms with Crippen LogP contribution in [0.2, 0.25) is 0 Å². The minimum absolute atomic E-state index is 0.211. The quantitative estimate of drug-likeness (QED) is 0.452. The molecule has 0 bridgehead atoms. The van der Waals surface area contributed by atoms with Gasteiger partial charge >= 0.3 is 7.12 Å². The molecule has 1 rings (SSSR count). The lowest BCUT2D eigenvalue weighted by Gasteiger charge is -2.19. The van der Waals surface area contributed by atoms with Gasteiger partial charge in [-0.25, -0.2) is 4.39 Å². The molecule has 0 aliphatic heterocycles. The highest BCUT2D eigenvalue weighted by atomic mass is 32.1.